The van der Waals surface area contributed by atoms with Crippen molar-refractivity contribution in [1.29, 1.82) is 0 Å². The molecule has 1 amide bonds. The molecule has 0 atom stereocenters. The molecule has 0 fully saturated rings. The first kappa shape index (κ1) is 15.9. The number of carboxylic acid groups (broad SMARTS) is 1. The Bertz CT molecular complexity index is 667. The van der Waals surface area contributed by atoms with E-state index in [9.17, 15) is 9.59 Å². The number of carbonyl (C=O) groups excluding carboxylic acids is 1. The quantitative estimate of drug-likeness (QED) is 0.802. The van der Waals surface area contributed by atoms with Gasteiger partial charge < -0.3 is 10.4 Å². The Balaban J connectivity index is 1.96. The summed E-state index contributed by atoms with van der Waals surface area (Å²) in [4.78, 5) is 24.7. The summed E-state index contributed by atoms with van der Waals surface area (Å²) in [6.45, 7) is 1.80. The summed E-state index contributed by atoms with van der Waals surface area (Å²) >= 11 is 8.41. The molecule has 0 bridgehead atoms. The van der Waals surface area contributed by atoms with Gasteiger partial charge in [0.15, 0.2) is 0 Å². The molecule has 1 aromatic heterocycles. The molecule has 110 valence electrons. The Morgan fingerprint density at radius 2 is 2.00 bits per heavy atom. The van der Waals surface area contributed by atoms with Gasteiger partial charge in [-0.25, -0.2) is 4.79 Å². The molecule has 1 heterocycles. The molecule has 4 nitrogen and oxygen atoms in total. The number of carboxylic acids is 1. The molecule has 0 aliphatic carbocycles. The Kier molecular flexibility index (Phi) is 5.27. The largest absolute Gasteiger partial charge is 0.478 e. The van der Waals surface area contributed by atoms with Crippen molar-refractivity contribution in [1.82, 2.24) is 0 Å². The molecule has 0 aliphatic heterocycles. The van der Waals surface area contributed by atoms with Crippen LogP contribution in [0.2, 0.25) is 5.02 Å². The third-order valence-electron chi connectivity index (χ3n) is 2.52. The van der Waals surface area contributed by atoms with E-state index < -0.39 is 5.97 Å². The number of rotatable bonds is 5. The van der Waals surface area contributed by atoms with Crippen LogP contribution in [0.1, 0.15) is 15.2 Å². The molecular weight excluding hydrogens is 330 g/mol. The van der Waals surface area contributed by atoms with Gasteiger partial charge in [-0.15, -0.1) is 23.1 Å². The van der Waals surface area contributed by atoms with Gasteiger partial charge in [-0.1, -0.05) is 11.6 Å². The molecule has 0 spiro atoms. The minimum absolute atomic E-state index is 0.127. The summed E-state index contributed by atoms with van der Waals surface area (Å²) in [7, 11) is 0. The van der Waals surface area contributed by atoms with E-state index in [1.54, 1.807) is 25.1 Å². The minimum atomic E-state index is -1.04. The highest BCUT2D eigenvalue weighted by molar-refractivity contribution is 8.00. The highest BCUT2D eigenvalue weighted by Gasteiger charge is 2.15. The van der Waals surface area contributed by atoms with Crippen LogP contribution >= 0.6 is 34.7 Å². The van der Waals surface area contributed by atoms with E-state index in [-0.39, 0.29) is 17.2 Å². The highest BCUT2D eigenvalue weighted by Crippen LogP contribution is 2.28. The first-order valence-corrected chi connectivity index (χ1v) is 8.15. The lowest BCUT2D eigenvalue weighted by Gasteiger charge is -2.04. The lowest BCUT2D eigenvalue weighted by atomic mass is 10.3. The van der Waals surface area contributed by atoms with Crippen molar-refractivity contribution < 1.29 is 14.7 Å². The monoisotopic (exact) mass is 341 g/mol. The van der Waals surface area contributed by atoms with Gasteiger partial charge in [-0.2, -0.15) is 0 Å². The summed E-state index contributed by atoms with van der Waals surface area (Å²) in [5.74, 6) is -1.07. The Labute approximate surface area is 135 Å². The molecule has 2 N–H and O–H groups in total. The fourth-order valence-corrected chi connectivity index (χ4v) is 3.35. The molecule has 0 unspecified atom stereocenters. The summed E-state index contributed by atoms with van der Waals surface area (Å²) in [5.41, 5.74) is 0.127. The Morgan fingerprint density at radius 1 is 1.33 bits per heavy atom. The lowest BCUT2D eigenvalue weighted by Crippen LogP contribution is -2.15. The molecule has 0 saturated heterocycles. The van der Waals surface area contributed by atoms with Gasteiger partial charge in [-0.3, -0.25) is 4.79 Å². The van der Waals surface area contributed by atoms with Crippen molar-refractivity contribution in [3.05, 3.63) is 45.8 Å². The zero-order chi connectivity index (χ0) is 15.4. The van der Waals surface area contributed by atoms with E-state index in [0.29, 0.717) is 10.0 Å². The van der Waals surface area contributed by atoms with Gasteiger partial charge in [0.2, 0.25) is 5.91 Å². The molecular formula is C14H12ClNO3S2. The number of hydrogen-bond donors (Lipinski definition) is 2. The van der Waals surface area contributed by atoms with Crippen LogP contribution in [-0.2, 0) is 4.79 Å². The highest BCUT2D eigenvalue weighted by atomic mass is 35.5. The van der Waals surface area contributed by atoms with Crippen LogP contribution in [0.5, 0.6) is 0 Å². The van der Waals surface area contributed by atoms with Crippen molar-refractivity contribution in [2.75, 3.05) is 11.1 Å². The van der Waals surface area contributed by atoms with Crippen LogP contribution in [0.4, 0.5) is 5.00 Å². The van der Waals surface area contributed by atoms with Crippen molar-refractivity contribution in [3.63, 3.8) is 0 Å². The first-order chi connectivity index (χ1) is 9.95. The molecule has 0 saturated carbocycles. The summed E-state index contributed by atoms with van der Waals surface area (Å²) in [6, 6.07) is 8.73. The van der Waals surface area contributed by atoms with Crippen molar-refractivity contribution in [2.24, 2.45) is 0 Å². The summed E-state index contributed by atoms with van der Waals surface area (Å²) < 4.78 is 0. The standard InChI is InChI=1S/C14H12ClNO3S2/c1-8-6-11(14(18)19)13(21-8)16-12(17)7-20-10-4-2-9(15)3-5-10/h2-6H,7H2,1H3,(H,16,17)(H,18,19). The molecule has 7 heteroatoms. The normalized spacial score (nSPS) is 10.4. The van der Waals surface area contributed by atoms with Crippen LogP contribution in [0.15, 0.2) is 35.2 Å². The summed E-state index contributed by atoms with van der Waals surface area (Å²) in [5, 5.41) is 12.7. The van der Waals surface area contributed by atoms with Gasteiger partial charge in [0.1, 0.15) is 5.00 Å². The van der Waals surface area contributed by atoms with E-state index in [0.717, 1.165) is 9.77 Å². The second-order valence-electron chi connectivity index (χ2n) is 4.20. The van der Waals surface area contributed by atoms with Crippen molar-refractivity contribution in [3.8, 4) is 0 Å². The van der Waals surface area contributed by atoms with Gasteiger partial charge >= 0.3 is 5.97 Å². The molecule has 21 heavy (non-hydrogen) atoms. The molecule has 1 aromatic carbocycles. The van der Waals surface area contributed by atoms with Gasteiger partial charge in [0.05, 0.1) is 11.3 Å². The zero-order valence-corrected chi connectivity index (χ0v) is 13.4. The smallest absolute Gasteiger partial charge is 0.338 e. The number of aromatic carboxylic acids is 1. The first-order valence-electron chi connectivity index (χ1n) is 5.97. The van der Waals surface area contributed by atoms with Crippen LogP contribution < -0.4 is 5.32 Å². The van der Waals surface area contributed by atoms with Gasteiger partial charge in [0.25, 0.3) is 0 Å². The topological polar surface area (TPSA) is 66.4 Å². The van der Waals surface area contributed by atoms with Crippen LogP contribution in [-0.4, -0.2) is 22.7 Å². The SMILES string of the molecule is Cc1cc(C(=O)O)c(NC(=O)CSc2ccc(Cl)cc2)s1. The maximum absolute atomic E-state index is 11.9. The number of carbonyl (C=O) groups is 2. The van der Waals surface area contributed by atoms with Crippen molar-refractivity contribution >= 4 is 51.6 Å². The lowest BCUT2D eigenvalue weighted by molar-refractivity contribution is -0.113. The average Bonchev–Trinajstić information content (AvgIpc) is 2.79. The number of halogens is 1. The number of hydrogen-bond acceptors (Lipinski definition) is 4. The minimum Gasteiger partial charge on any atom is -0.478 e. The zero-order valence-electron chi connectivity index (χ0n) is 11.1. The van der Waals surface area contributed by atoms with E-state index in [2.05, 4.69) is 5.32 Å². The fraction of sp³-hybridized carbons (Fsp3) is 0.143. The molecule has 2 rings (SSSR count). The number of amides is 1. The number of aryl methyl sites for hydroxylation is 1. The van der Waals surface area contributed by atoms with E-state index in [1.165, 1.54) is 23.1 Å². The average molecular weight is 342 g/mol. The van der Waals surface area contributed by atoms with Gasteiger partial charge in [-0.05, 0) is 37.3 Å². The summed E-state index contributed by atoms with van der Waals surface area (Å²) in [6.07, 6.45) is 0. The second-order valence-corrected chi connectivity index (χ2v) is 6.94. The molecule has 2 aromatic rings. The maximum atomic E-state index is 11.9. The van der Waals surface area contributed by atoms with Crippen LogP contribution in [0.3, 0.4) is 0 Å². The van der Waals surface area contributed by atoms with E-state index >= 15 is 0 Å². The van der Waals surface area contributed by atoms with E-state index in [1.807, 2.05) is 12.1 Å². The number of nitrogens with one attached hydrogen (secondary N) is 1. The number of thiophene rings is 1. The van der Waals surface area contributed by atoms with Crippen LogP contribution in [0, 0.1) is 6.92 Å². The second kappa shape index (κ2) is 6.98. The third kappa shape index (κ3) is 4.49. The third-order valence-corrected chi connectivity index (χ3v) is 4.75. The molecule has 0 aliphatic rings. The van der Waals surface area contributed by atoms with Crippen molar-refractivity contribution in [2.45, 2.75) is 11.8 Å². The number of benzene rings is 1. The van der Waals surface area contributed by atoms with Gasteiger partial charge in [0, 0.05) is 14.8 Å². The maximum Gasteiger partial charge on any atom is 0.338 e. The fourth-order valence-electron chi connectivity index (χ4n) is 1.61. The Hall–Kier alpha value is -1.50. The van der Waals surface area contributed by atoms with Crippen LogP contribution in [0.25, 0.3) is 0 Å². The predicted molar refractivity (Wildman–Crippen MR) is 86.8 cm³/mol. The predicted octanol–water partition coefficient (Wildman–Crippen LogP) is 4.14. The Morgan fingerprint density at radius 3 is 2.62 bits per heavy atom. The number of anilines is 1. The number of thioether (sulfide) groups is 1. The van der Waals surface area contributed by atoms with E-state index in [4.69, 9.17) is 16.7 Å². The molecule has 0 radical (unpaired) electrons.